The third-order valence-electron chi connectivity index (χ3n) is 5.02. The van der Waals surface area contributed by atoms with Crippen molar-refractivity contribution in [2.24, 2.45) is 0 Å². The fourth-order valence-corrected chi connectivity index (χ4v) is 3.45. The molecule has 0 unspecified atom stereocenters. The quantitative estimate of drug-likeness (QED) is 0.648. The molecule has 0 aliphatic heterocycles. The van der Waals surface area contributed by atoms with E-state index in [2.05, 4.69) is 33.9 Å². The van der Waals surface area contributed by atoms with Gasteiger partial charge in [0.15, 0.2) is 0 Å². The van der Waals surface area contributed by atoms with Crippen molar-refractivity contribution in [1.29, 1.82) is 0 Å². The fraction of sp³-hybridized carbons (Fsp3) is 0.455. The first kappa shape index (κ1) is 20.7. The van der Waals surface area contributed by atoms with Crippen molar-refractivity contribution in [3.63, 3.8) is 0 Å². The van der Waals surface area contributed by atoms with Crippen LogP contribution in [0.3, 0.4) is 0 Å². The Labute approximate surface area is 159 Å². The van der Waals surface area contributed by atoms with Gasteiger partial charge in [0.05, 0.1) is 19.3 Å². The molecule has 0 spiro atoms. The first-order valence-electron chi connectivity index (χ1n) is 9.26. The van der Waals surface area contributed by atoms with Gasteiger partial charge in [0.25, 0.3) is 0 Å². The second kappa shape index (κ2) is 8.85. The van der Waals surface area contributed by atoms with Crippen LogP contribution in [-0.2, 0) is 17.8 Å². The lowest BCUT2D eigenvalue weighted by atomic mass is 10.1. The maximum atomic E-state index is 10.4. The summed E-state index contributed by atoms with van der Waals surface area (Å²) in [6, 6.07) is 18.0. The Morgan fingerprint density at radius 3 is 2.23 bits per heavy atom. The molecule has 0 aromatic heterocycles. The molecule has 3 nitrogen and oxygen atoms in total. The summed E-state index contributed by atoms with van der Waals surface area (Å²) >= 11 is 0. The smallest absolute Gasteiger partial charge is 0.250 e. The van der Waals surface area contributed by atoms with Gasteiger partial charge in [0.2, 0.25) is 8.32 Å². The number of aliphatic hydroxyl groups excluding tert-OH is 1. The number of benzene rings is 2. The van der Waals surface area contributed by atoms with Gasteiger partial charge in [-0.2, -0.15) is 0 Å². The molecule has 1 atom stereocenters. The molecule has 0 radical (unpaired) electrons. The molecule has 4 heteroatoms. The van der Waals surface area contributed by atoms with Gasteiger partial charge < -0.3 is 14.3 Å². The van der Waals surface area contributed by atoms with Gasteiger partial charge in [0, 0.05) is 6.42 Å². The second-order valence-electron chi connectivity index (χ2n) is 8.33. The zero-order valence-electron chi connectivity index (χ0n) is 16.7. The van der Waals surface area contributed by atoms with Gasteiger partial charge in [-0.05, 0) is 35.3 Å². The Balaban J connectivity index is 1.94. The lowest BCUT2D eigenvalue weighted by molar-refractivity contribution is 0.0287. The Morgan fingerprint density at radius 1 is 0.962 bits per heavy atom. The van der Waals surface area contributed by atoms with Gasteiger partial charge >= 0.3 is 0 Å². The van der Waals surface area contributed by atoms with Crippen LogP contribution in [0.25, 0.3) is 0 Å². The second-order valence-corrected chi connectivity index (χ2v) is 13.1. The Morgan fingerprint density at radius 2 is 1.58 bits per heavy atom. The third-order valence-corrected chi connectivity index (χ3v) is 9.36. The van der Waals surface area contributed by atoms with Gasteiger partial charge in [-0.1, -0.05) is 69.3 Å². The van der Waals surface area contributed by atoms with E-state index in [0.717, 1.165) is 16.9 Å². The molecule has 1 N–H and O–H groups in total. The minimum absolute atomic E-state index is 0.136. The van der Waals surface area contributed by atoms with Crippen LogP contribution in [0.4, 0.5) is 0 Å². The minimum Gasteiger partial charge on any atom is -0.543 e. The van der Waals surface area contributed by atoms with Crippen molar-refractivity contribution < 1.29 is 14.3 Å². The maximum absolute atomic E-state index is 10.4. The van der Waals surface area contributed by atoms with Crippen LogP contribution in [0.2, 0.25) is 18.1 Å². The SMILES string of the molecule is CC(C)(C)[Si](C)(C)Oc1ccccc1C[C@H](O)COCc1ccccc1. The molecule has 2 aromatic carbocycles. The van der Waals surface area contributed by atoms with Gasteiger partial charge in [-0.25, -0.2) is 0 Å². The highest BCUT2D eigenvalue weighted by Gasteiger charge is 2.39. The first-order chi connectivity index (χ1) is 12.2. The summed E-state index contributed by atoms with van der Waals surface area (Å²) in [5, 5.41) is 10.5. The zero-order valence-corrected chi connectivity index (χ0v) is 17.7. The molecule has 2 aromatic rings. The fourth-order valence-electron chi connectivity index (χ4n) is 2.40. The number of hydrogen-bond acceptors (Lipinski definition) is 3. The molecule has 0 aliphatic rings. The summed E-state index contributed by atoms with van der Waals surface area (Å²) in [5.41, 5.74) is 2.15. The van der Waals surface area contributed by atoms with Crippen LogP contribution in [-0.4, -0.2) is 26.1 Å². The van der Waals surface area contributed by atoms with Crippen molar-refractivity contribution in [1.82, 2.24) is 0 Å². The Kier molecular flexibility index (Phi) is 7.04. The predicted molar refractivity (Wildman–Crippen MR) is 110 cm³/mol. The number of ether oxygens (including phenoxy) is 1. The summed E-state index contributed by atoms with van der Waals surface area (Å²) in [5.74, 6) is 0.890. The maximum Gasteiger partial charge on any atom is 0.250 e. The van der Waals surface area contributed by atoms with E-state index in [1.807, 2.05) is 54.6 Å². The van der Waals surface area contributed by atoms with Crippen molar-refractivity contribution in [2.45, 2.75) is 58.0 Å². The van der Waals surface area contributed by atoms with E-state index in [1.54, 1.807) is 0 Å². The molecule has 142 valence electrons. The van der Waals surface area contributed by atoms with Crippen LogP contribution >= 0.6 is 0 Å². The van der Waals surface area contributed by atoms with E-state index in [-0.39, 0.29) is 5.04 Å². The molecular weight excluding hydrogens is 340 g/mol. The highest BCUT2D eigenvalue weighted by atomic mass is 28.4. The highest BCUT2D eigenvalue weighted by molar-refractivity contribution is 6.74. The van der Waals surface area contributed by atoms with Gasteiger partial charge in [-0.15, -0.1) is 0 Å². The van der Waals surface area contributed by atoms with Crippen molar-refractivity contribution >= 4 is 8.32 Å². The summed E-state index contributed by atoms with van der Waals surface area (Å²) in [4.78, 5) is 0. The van der Waals surface area contributed by atoms with E-state index < -0.39 is 14.4 Å². The summed E-state index contributed by atoms with van der Waals surface area (Å²) in [6.07, 6.45) is -0.0255. The van der Waals surface area contributed by atoms with Crippen LogP contribution in [0, 0.1) is 0 Å². The molecule has 0 fully saturated rings. The van der Waals surface area contributed by atoms with Crippen LogP contribution in [0.1, 0.15) is 31.9 Å². The highest BCUT2D eigenvalue weighted by Crippen LogP contribution is 2.38. The molecule has 0 saturated heterocycles. The van der Waals surface area contributed by atoms with Crippen LogP contribution in [0.15, 0.2) is 54.6 Å². The summed E-state index contributed by atoms with van der Waals surface area (Å²) < 4.78 is 12.1. The third kappa shape index (κ3) is 5.97. The molecule has 0 amide bonds. The topological polar surface area (TPSA) is 38.7 Å². The summed E-state index contributed by atoms with van der Waals surface area (Å²) in [6.45, 7) is 12.0. The molecule has 2 rings (SSSR count). The molecule has 0 heterocycles. The Hall–Kier alpha value is -1.62. The van der Waals surface area contributed by atoms with Crippen molar-refractivity contribution in [3.8, 4) is 5.75 Å². The number of rotatable bonds is 8. The molecular formula is C22H32O3Si. The number of aliphatic hydroxyl groups is 1. The molecule has 0 bridgehead atoms. The average Bonchev–Trinajstić information content (AvgIpc) is 2.56. The standard InChI is InChI=1S/C22H32O3Si/c1-22(2,3)26(4,5)25-21-14-10-9-13-19(21)15-20(23)17-24-16-18-11-7-6-8-12-18/h6-14,20,23H,15-17H2,1-5H3/t20-/m0/s1. The molecule has 0 saturated carbocycles. The van der Waals surface area contributed by atoms with E-state index in [0.29, 0.717) is 19.6 Å². The largest absolute Gasteiger partial charge is 0.543 e. The minimum atomic E-state index is -1.91. The summed E-state index contributed by atoms with van der Waals surface area (Å²) in [7, 11) is -1.91. The predicted octanol–water partition coefficient (Wildman–Crippen LogP) is 5.19. The van der Waals surface area contributed by atoms with E-state index in [1.165, 1.54) is 0 Å². The Bertz CT molecular complexity index is 677. The number of hydrogen-bond donors (Lipinski definition) is 1. The zero-order chi connectivity index (χ0) is 19.2. The van der Waals surface area contributed by atoms with E-state index in [9.17, 15) is 5.11 Å². The molecule has 0 aliphatic carbocycles. The van der Waals surface area contributed by atoms with E-state index in [4.69, 9.17) is 9.16 Å². The molecule has 26 heavy (non-hydrogen) atoms. The lowest BCUT2D eigenvalue weighted by Gasteiger charge is -2.37. The monoisotopic (exact) mass is 372 g/mol. The van der Waals surface area contributed by atoms with Gasteiger partial charge in [-0.3, -0.25) is 0 Å². The van der Waals surface area contributed by atoms with Crippen molar-refractivity contribution in [2.75, 3.05) is 6.61 Å². The first-order valence-corrected chi connectivity index (χ1v) is 12.2. The lowest BCUT2D eigenvalue weighted by Crippen LogP contribution is -2.44. The van der Waals surface area contributed by atoms with Crippen molar-refractivity contribution in [3.05, 3.63) is 65.7 Å². The van der Waals surface area contributed by atoms with Gasteiger partial charge in [0.1, 0.15) is 5.75 Å². The number of para-hydroxylation sites is 1. The average molecular weight is 373 g/mol. The van der Waals surface area contributed by atoms with Crippen LogP contribution in [0.5, 0.6) is 5.75 Å². The van der Waals surface area contributed by atoms with Crippen LogP contribution < -0.4 is 4.43 Å². The van der Waals surface area contributed by atoms with E-state index >= 15 is 0 Å². The normalized spacial score (nSPS) is 13.5.